The number of ether oxygens (including phenoxy) is 1. The third kappa shape index (κ3) is 9.71. The van der Waals surface area contributed by atoms with Gasteiger partial charge in [0, 0.05) is 6.61 Å². The lowest BCUT2D eigenvalue weighted by molar-refractivity contribution is 0.00529. The molecule has 3 nitrogen and oxygen atoms in total. The minimum atomic E-state index is -0.724. The zero-order valence-electron chi connectivity index (χ0n) is 8.98. The minimum Gasteiger partial charge on any atom is -0.394 e. The highest BCUT2D eigenvalue weighted by molar-refractivity contribution is 4.76. The van der Waals surface area contributed by atoms with Crippen molar-refractivity contribution in [3.8, 4) is 0 Å². The number of aliphatic hydroxyl groups excluding tert-OH is 2. The van der Waals surface area contributed by atoms with Gasteiger partial charge in [-0.3, -0.25) is 0 Å². The first-order chi connectivity index (χ1) is 6.81. The topological polar surface area (TPSA) is 49.7 Å². The minimum absolute atomic E-state index is 0.221. The first-order valence-electron chi connectivity index (χ1n) is 5.29. The SMILES string of the molecule is C/C=C/CCCCCOCC(O)CO. The van der Waals surface area contributed by atoms with Gasteiger partial charge in [0.1, 0.15) is 6.10 Å². The second-order valence-electron chi connectivity index (χ2n) is 3.33. The summed E-state index contributed by atoms with van der Waals surface area (Å²) < 4.78 is 5.16. The predicted octanol–water partition coefficient (Wildman–Crippen LogP) is 1.49. The van der Waals surface area contributed by atoms with Gasteiger partial charge in [-0.2, -0.15) is 0 Å². The maximum absolute atomic E-state index is 8.95. The third-order valence-corrected chi connectivity index (χ3v) is 1.92. The van der Waals surface area contributed by atoms with Crippen molar-refractivity contribution in [2.24, 2.45) is 0 Å². The molecule has 84 valence electrons. The number of aliphatic hydroxyl groups is 2. The van der Waals surface area contributed by atoms with Crippen molar-refractivity contribution < 1.29 is 14.9 Å². The van der Waals surface area contributed by atoms with Crippen molar-refractivity contribution in [2.75, 3.05) is 19.8 Å². The lowest BCUT2D eigenvalue weighted by Gasteiger charge is -2.07. The quantitative estimate of drug-likeness (QED) is 0.440. The Morgan fingerprint density at radius 1 is 1.29 bits per heavy atom. The smallest absolute Gasteiger partial charge is 0.100 e. The third-order valence-electron chi connectivity index (χ3n) is 1.92. The van der Waals surface area contributed by atoms with E-state index in [1.54, 1.807) is 0 Å². The number of unbranched alkanes of at least 4 members (excludes halogenated alkanes) is 3. The van der Waals surface area contributed by atoms with Crippen molar-refractivity contribution in [3.63, 3.8) is 0 Å². The second-order valence-corrected chi connectivity index (χ2v) is 3.33. The summed E-state index contributed by atoms with van der Waals surface area (Å²) in [6.45, 7) is 2.72. The van der Waals surface area contributed by atoms with Crippen LogP contribution in [0.2, 0.25) is 0 Å². The van der Waals surface area contributed by atoms with Crippen molar-refractivity contribution in [1.29, 1.82) is 0 Å². The Kier molecular flexibility index (Phi) is 10.4. The standard InChI is InChI=1S/C11H22O3/c1-2-3-4-5-6-7-8-14-10-11(13)9-12/h2-3,11-13H,4-10H2,1H3/b3-2+. The van der Waals surface area contributed by atoms with Crippen molar-refractivity contribution in [1.82, 2.24) is 0 Å². The van der Waals surface area contributed by atoms with Crippen LogP contribution in [-0.2, 0) is 4.74 Å². The summed E-state index contributed by atoms with van der Waals surface area (Å²) in [6.07, 6.45) is 8.00. The van der Waals surface area contributed by atoms with Crippen LogP contribution in [-0.4, -0.2) is 36.1 Å². The molecular weight excluding hydrogens is 180 g/mol. The predicted molar refractivity (Wildman–Crippen MR) is 57.2 cm³/mol. The van der Waals surface area contributed by atoms with Crippen LogP contribution in [0, 0.1) is 0 Å². The molecular formula is C11H22O3. The molecule has 1 unspecified atom stereocenters. The van der Waals surface area contributed by atoms with E-state index in [0.29, 0.717) is 6.61 Å². The van der Waals surface area contributed by atoms with Crippen LogP contribution in [0.1, 0.15) is 32.6 Å². The molecule has 0 bridgehead atoms. The van der Waals surface area contributed by atoms with E-state index in [0.717, 1.165) is 19.3 Å². The molecule has 0 radical (unpaired) electrons. The molecule has 0 aromatic rings. The fraction of sp³-hybridized carbons (Fsp3) is 0.818. The Labute approximate surface area is 86.4 Å². The van der Waals surface area contributed by atoms with E-state index in [9.17, 15) is 0 Å². The van der Waals surface area contributed by atoms with Gasteiger partial charge in [-0.15, -0.1) is 0 Å². The number of rotatable bonds is 9. The molecule has 0 fully saturated rings. The van der Waals surface area contributed by atoms with Crippen LogP contribution in [0.4, 0.5) is 0 Å². The lowest BCUT2D eigenvalue weighted by atomic mass is 10.2. The van der Waals surface area contributed by atoms with Gasteiger partial charge in [0.2, 0.25) is 0 Å². The Bertz CT molecular complexity index is 134. The van der Waals surface area contributed by atoms with Gasteiger partial charge in [0.05, 0.1) is 13.2 Å². The van der Waals surface area contributed by atoms with E-state index >= 15 is 0 Å². The van der Waals surface area contributed by atoms with Crippen LogP contribution >= 0.6 is 0 Å². The van der Waals surface area contributed by atoms with Gasteiger partial charge in [-0.25, -0.2) is 0 Å². The lowest BCUT2D eigenvalue weighted by Crippen LogP contribution is -2.19. The molecule has 0 aromatic carbocycles. The van der Waals surface area contributed by atoms with Gasteiger partial charge in [-0.1, -0.05) is 18.6 Å². The summed E-state index contributed by atoms with van der Waals surface area (Å²) in [5.74, 6) is 0. The maximum Gasteiger partial charge on any atom is 0.100 e. The van der Waals surface area contributed by atoms with Crippen molar-refractivity contribution >= 4 is 0 Å². The van der Waals surface area contributed by atoms with E-state index in [1.807, 2.05) is 6.92 Å². The zero-order valence-corrected chi connectivity index (χ0v) is 8.98. The zero-order chi connectivity index (χ0) is 10.6. The molecule has 3 heteroatoms. The molecule has 0 aromatic heterocycles. The van der Waals surface area contributed by atoms with Crippen LogP contribution in [0.25, 0.3) is 0 Å². The summed E-state index contributed by atoms with van der Waals surface area (Å²) in [5.41, 5.74) is 0. The molecule has 0 heterocycles. The number of hydrogen-bond acceptors (Lipinski definition) is 3. The Morgan fingerprint density at radius 3 is 2.71 bits per heavy atom. The van der Waals surface area contributed by atoms with Crippen LogP contribution in [0.15, 0.2) is 12.2 Å². The highest BCUT2D eigenvalue weighted by Gasteiger charge is 2.00. The summed E-state index contributed by atoms with van der Waals surface area (Å²) in [4.78, 5) is 0. The largest absolute Gasteiger partial charge is 0.394 e. The summed E-state index contributed by atoms with van der Waals surface area (Å²) >= 11 is 0. The van der Waals surface area contributed by atoms with Gasteiger partial charge in [0.15, 0.2) is 0 Å². The van der Waals surface area contributed by atoms with Gasteiger partial charge in [-0.05, 0) is 26.2 Å². The highest BCUT2D eigenvalue weighted by Crippen LogP contribution is 2.01. The summed E-state index contributed by atoms with van der Waals surface area (Å²) in [5, 5.41) is 17.4. The number of hydrogen-bond donors (Lipinski definition) is 2. The normalized spacial score (nSPS) is 13.6. The van der Waals surface area contributed by atoms with Crippen LogP contribution in [0.5, 0.6) is 0 Å². The fourth-order valence-corrected chi connectivity index (χ4v) is 1.08. The average Bonchev–Trinajstić information content (AvgIpc) is 2.21. The van der Waals surface area contributed by atoms with Crippen molar-refractivity contribution in [3.05, 3.63) is 12.2 Å². The average molecular weight is 202 g/mol. The molecule has 0 amide bonds. The monoisotopic (exact) mass is 202 g/mol. The second kappa shape index (κ2) is 10.7. The molecule has 0 saturated heterocycles. The van der Waals surface area contributed by atoms with E-state index in [2.05, 4.69) is 12.2 Å². The molecule has 0 rings (SSSR count). The molecule has 2 N–H and O–H groups in total. The maximum atomic E-state index is 8.95. The molecule has 14 heavy (non-hydrogen) atoms. The molecule has 0 aliphatic rings. The first kappa shape index (κ1) is 13.6. The highest BCUT2D eigenvalue weighted by atomic mass is 16.5. The van der Waals surface area contributed by atoms with E-state index in [4.69, 9.17) is 14.9 Å². The molecule has 1 atom stereocenters. The van der Waals surface area contributed by atoms with Crippen LogP contribution in [0.3, 0.4) is 0 Å². The van der Waals surface area contributed by atoms with Crippen LogP contribution < -0.4 is 0 Å². The van der Waals surface area contributed by atoms with Crippen molar-refractivity contribution in [2.45, 2.75) is 38.7 Å². The molecule has 0 aliphatic heterocycles. The Balaban J connectivity index is 2.99. The number of allylic oxidation sites excluding steroid dienone is 2. The molecule has 0 saturated carbocycles. The van der Waals surface area contributed by atoms with Gasteiger partial charge >= 0.3 is 0 Å². The van der Waals surface area contributed by atoms with Gasteiger partial charge < -0.3 is 14.9 Å². The molecule has 0 aliphatic carbocycles. The Morgan fingerprint density at radius 2 is 2.07 bits per heavy atom. The fourth-order valence-electron chi connectivity index (χ4n) is 1.08. The Hall–Kier alpha value is -0.380. The van der Waals surface area contributed by atoms with E-state index in [-0.39, 0.29) is 13.2 Å². The van der Waals surface area contributed by atoms with Gasteiger partial charge in [0.25, 0.3) is 0 Å². The summed E-state index contributed by atoms with van der Waals surface area (Å²) in [6, 6.07) is 0. The summed E-state index contributed by atoms with van der Waals surface area (Å²) in [7, 11) is 0. The van der Waals surface area contributed by atoms with E-state index in [1.165, 1.54) is 6.42 Å². The first-order valence-corrected chi connectivity index (χ1v) is 5.29. The van der Waals surface area contributed by atoms with E-state index < -0.39 is 6.10 Å². The molecule has 0 spiro atoms.